The van der Waals surface area contributed by atoms with Gasteiger partial charge in [0.1, 0.15) is 0 Å². The lowest BCUT2D eigenvalue weighted by molar-refractivity contribution is -0.138. The van der Waals surface area contributed by atoms with Gasteiger partial charge in [-0.05, 0) is 44.8 Å². The van der Waals surface area contributed by atoms with E-state index in [1.54, 1.807) is 0 Å². The van der Waals surface area contributed by atoms with Gasteiger partial charge in [-0.3, -0.25) is 24.1 Å². The SMILES string of the molecule is CCSC1CC(=O)N(CCCCCC(=O)NCCCCC(C)NC(C)=O)C1=O. The van der Waals surface area contributed by atoms with E-state index in [-0.39, 0.29) is 34.9 Å². The van der Waals surface area contributed by atoms with Gasteiger partial charge in [-0.25, -0.2) is 0 Å². The zero-order valence-electron chi connectivity index (χ0n) is 17.4. The number of nitrogens with zero attached hydrogens (tertiary/aromatic N) is 1. The van der Waals surface area contributed by atoms with Gasteiger partial charge >= 0.3 is 0 Å². The molecule has 4 amide bonds. The predicted octanol–water partition coefficient (Wildman–Crippen LogP) is 2.24. The lowest BCUT2D eigenvalue weighted by Gasteiger charge is -2.14. The van der Waals surface area contributed by atoms with Crippen LogP contribution in [0.4, 0.5) is 0 Å². The molecule has 1 aliphatic heterocycles. The summed E-state index contributed by atoms with van der Waals surface area (Å²) in [5.74, 6) is 0.742. The van der Waals surface area contributed by atoms with Gasteiger partial charge in [0.25, 0.3) is 0 Å². The van der Waals surface area contributed by atoms with Crippen molar-refractivity contribution in [2.45, 2.75) is 83.4 Å². The third kappa shape index (κ3) is 9.57. The Hall–Kier alpha value is -1.57. The van der Waals surface area contributed by atoms with Crippen molar-refractivity contribution in [3.63, 3.8) is 0 Å². The largest absolute Gasteiger partial charge is 0.356 e. The summed E-state index contributed by atoms with van der Waals surface area (Å²) in [6, 6.07) is 0.165. The summed E-state index contributed by atoms with van der Waals surface area (Å²) in [6.45, 7) is 6.60. The second-order valence-corrected chi connectivity index (χ2v) is 8.77. The highest BCUT2D eigenvalue weighted by Gasteiger charge is 2.37. The molecule has 0 radical (unpaired) electrons. The third-order valence-electron chi connectivity index (χ3n) is 4.69. The van der Waals surface area contributed by atoms with Crippen molar-refractivity contribution in [2.24, 2.45) is 0 Å². The van der Waals surface area contributed by atoms with E-state index in [0.717, 1.165) is 44.3 Å². The molecule has 7 nitrogen and oxygen atoms in total. The Morgan fingerprint density at radius 1 is 1.18 bits per heavy atom. The molecule has 0 spiro atoms. The molecule has 1 heterocycles. The minimum Gasteiger partial charge on any atom is -0.356 e. The van der Waals surface area contributed by atoms with Gasteiger partial charge in [-0.2, -0.15) is 0 Å². The summed E-state index contributed by atoms with van der Waals surface area (Å²) in [6.07, 6.45) is 5.87. The number of likely N-dealkylation sites (tertiary alicyclic amines) is 1. The van der Waals surface area contributed by atoms with Gasteiger partial charge < -0.3 is 10.6 Å². The monoisotopic (exact) mass is 413 g/mol. The smallest absolute Gasteiger partial charge is 0.242 e. The van der Waals surface area contributed by atoms with Crippen LogP contribution in [-0.2, 0) is 19.2 Å². The molecular weight excluding hydrogens is 378 g/mol. The lowest BCUT2D eigenvalue weighted by atomic mass is 10.1. The van der Waals surface area contributed by atoms with Crippen molar-refractivity contribution in [3.8, 4) is 0 Å². The molecule has 0 aromatic heterocycles. The average molecular weight is 414 g/mol. The summed E-state index contributed by atoms with van der Waals surface area (Å²) in [4.78, 5) is 48.2. The first-order chi connectivity index (χ1) is 13.3. The number of amides is 4. The van der Waals surface area contributed by atoms with Crippen LogP contribution in [0.3, 0.4) is 0 Å². The molecular formula is C20H35N3O4S. The average Bonchev–Trinajstić information content (AvgIpc) is 2.88. The summed E-state index contributed by atoms with van der Waals surface area (Å²) in [5.41, 5.74) is 0. The molecule has 1 fully saturated rings. The van der Waals surface area contributed by atoms with Crippen LogP contribution in [-0.4, -0.2) is 58.7 Å². The van der Waals surface area contributed by atoms with Gasteiger partial charge in [-0.1, -0.05) is 13.3 Å². The third-order valence-corrected chi connectivity index (χ3v) is 5.80. The number of hydrogen-bond donors (Lipinski definition) is 2. The Kier molecular flexibility index (Phi) is 11.9. The predicted molar refractivity (Wildman–Crippen MR) is 112 cm³/mol. The van der Waals surface area contributed by atoms with Crippen LogP contribution in [0.2, 0.25) is 0 Å². The number of carbonyl (C=O) groups is 4. The molecule has 28 heavy (non-hydrogen) atoms. The van der Waals surface area contributed by atoms with Crippen molar-refractivity contribution in [2.75, 3.05) is 18.8 Å². The van der Waals surface area contributed by atoms with Crippen LogP contribution >= 0.6 is 11.8 Å². The van der Waals surface area contributed by atoms with Crippen molar-refractivity contribution in [1.29, 1.82) is 0 Å². The van der Waals surface area contributed by atoms with Crippen molar-refractivity contribution in [3.05, 3.63) is 0 Å². The van der Waals surface area contributed by atoms with Crippen LogP contribution < -0.4 is 10.6 Å². The Morgan fingerprint density at radius 2 is 1.93 bits per heavy atom. The van der Waals surface area contributed by atoms with Crippen LogP contribution in [0.5, 0.6) is 0 Å². The van der Waals surface area contributed by atoms with E-state index < -0.39 is 0 Å². The van der Waals surface area contributed by atoms with Crippen LogP contribution in [0, 0.1) is 0 Å². The number of nitrogens with one attached hydrogen (secondary N) is 2. The molecule has 8 heteroatoms. The minimum atomic E-state index is -0.204. The minimum absolute atomic E-state index is 0.0149. The summed E-state index contributed by atoms with van der Waals surface area (Å²) >= 11 is 1.53. The number of hydrogen-bond acceptors (Lipinski definition) is 5. The number of rotatable bonds is 14. The van der Waals surface area contributed by atoms with Crippen molar-refractivity contribution < 1.29 is 19.2 Å². The van der Waals surface area contributed by atoms with E-state index in [0.29, 0.717) is 25.9 Å². The maximum absolute atomic E-state index is 12.1. The quantitative estimate of drug-likeness (QED) is 0.336. The molecule has 0 saturated carbocycles. The van der Waals surface area contributed by atoms with Crippen LogP contribution in [0.25, 0.3) is 0 Å². The van der Waals surface area contributed by atoms with Gasteiger partial charge in [-0.15, -0.1) is 11.8 Å². The van der Waals surface area contributed by atoms with Gasteiger partial charge in [0.2, 0.25) is 23.6 Å². The van der Waals surface area contributed by atoms with E-state index in [4.69, 9.17) is 0 Å². The highest BCUT2D eigenvalue weighted by Crippen LogP contribution is 2.25. The van der Waals surface area contributed by atoms with E-state index in [1.807, 2.05) is 13.8 Å². The molecule has 1 aliphatic rings. The first kappa shape index (κ1) is 24.5. The first-order valence-corrected chi connectivity index (χ1v) is 11.4. The molecule has 0 aromatic carbocycles. The molecule has 2 N–H and O–H groups in total. The molecule has 160 valence electrons. The standard InChI is InChI=1S/C20H35N3O4S/c1-4-28-17-14-19(26)23(20(17)27)13-9-5-6-11-18(25)21-12-8-7-10-15(2)22-16(3)24/h15,17H,4-14H2,1-3H3,(H,21,25)(H,22,24). The van der Waals surface area contributed by atoms with Crippen LogP contribution in [0.15, 0.2) is 0 Å². The summed E-state index contributed by atoms with van der Waals surface area (Å²) < 4.78 is 0. The topological polar surface area (TPSA) is 95.6 Å². The van der Waals surface area contributed by atoms with E-state index >= 15 is 0 Å². The molecule has 0 aromatic rings. The maximum atomic E-state index is 12.1. The Morgan fingerprint density at radius 3 is 2.61 bits per heavy atom. The molecule has 0 bridgehead atoms. The van der Waals surface area contributed by atoms with E-state index in [9.17, 15) is 19.2 Å². The molecule has 2 unspecified atom stereocenters. The van der Waals surface area contributed by atoms with E-state index in [1.165, 1.54) is 23.6 Å². The fourth-order valence-corrected chi connectivity index (χ4v) is 4.19. The van der Waals surface area contributed by atoms with Gasteiger partial charge in [0.05, 0.1) is 5.25 Å². The Labute approximate surface area is 172 Å². The van der Waals surface area contributed by atoms with E-state index in [2.05, 4.69) is 10.6 Å². The second-order valence-electron chi connectivity index (χ2n) is 7.29. The zero-order chi connectivity index (χ0) is 20.9. The maximum Gasteiger partial charge on any atom is 0.242 e. The zero-order valence-corrected chi connectivity index (χ0v) is 18.2. The molecule has 0 aliphatic carbocycles. The highest BCUT2D eigenvalue weighted by atomic mass is 32.2. The van der Waals surface area contributed by atoms with Crippen molar-refractivity contribution in [1.82, 2.24) is 15.5 Å². The van der Waals surface area contributed by atoms with Gasteiger partial charge in [0, 0.05) is 38.9 Å². The summed E-state index contributed by atoms with van der Waals surface area (Å²) in [5, 5.41) is 5.55. The normalized spacial score (nSPS) is 17.7. The van der Waals surface area contributed by atoms with Gasteiger partial charge in [0.15, 0.2) is 0 Å². The fraction of sp³-hybridized carbons (Fsp3) is 0.800. The summed E-state index contributed by atoms with van der Waals surface area (Å²) in [7, 11) is 0. The molecule has 2 atom stereocenters. The molecule has 1 rings (SSSR count). The number of carbonyl (C=O) groups excluding carboxylic acids is 4. The second kappa shape index (κ2) is 13.6. The first-order valence-electron chi connectivity index (χ1n) is 10.3. The highest BCUT2D eigenvalue weighted by molar-refractivity contribution is 8.00. The lowest BCUT2D eigenvalue weighted by Crippen LogP contribution is -2.32. The molecule has 1 saturated heterocycles. The van der Waals surface area contributed by atoms with Crippen LogP contribution in [0.1, 0.15) is 72.1 Å². The van der Waals surface area contributed by atoms with Crippen molar-refractivity contribution >= 4 is 35.4 Å². The number of imide groups is 1. The Bertz CT molecular complexity index is 542. The number of thioether (sulfide) groups is 1. The fourth-order valence-electron chi connectivity index (χ4n) is 3.26. The number of unbranched alkanes of at least 4 members (excludes halogenated alkanes) is 3. The Balaban J connectivity index is 2.03.